The smallest absolute Gasteiger partial charge is 0.406 e. The summed E-state index contributed by atoms with van der Waals surface area (Å²) in [6.07, 6.45) is -0.251. The van der Waals surface area contributed by atoms with Crippen molar-refractivity contribution in [1.29, 1.82) is 0 Å². The summed E-state index contributed by atoms with van der Waals surface area (Å²) in [6.45, 7) is 2.14. The van der Waals surface area contributed by atoms with Crippen LogP contribution in [-0.4, -0.2) is 11.5 Å². The van der Waals surface area contributed by atoms with E-state index >= 15 is 0 Å². The van der Waals surface area contributed by atoms with Crippen molar-refractivity contribution in [2.75, 3.05) is 0 Å². The third-order valence-corrected chi connectivity index (χ3v) is 4.28. The fraction of sp³-hybridized carbons (Fsp3) is 0.625. The zero-order valence-corrected chi connectivity index (χ0v) is 12.1. The number of alkyl halides is 3. The van der Waals surface area contributed by atoms with Gasteiger partial charge in [0.25, 0.3) is 0 Å². The Morgan fingerprint density at radius 3 is 2.76 bits per heavy atom. The molecule has 3 atom stereocenters. The molecule has 2 rings (SSSR count). The first kappa shape index (κ1) is 16.1. The maximum absolute atomic E-state index is 12.2. The Balaban J connectivity index is 2.08. The van der Waals surface area contributed by atoms with E-state index in [1.165, 1.54) is 24.6 Å². The third-order valence-electron chi connectivity index (χ3n) is 4.28. The Hall–Kier alpha value is -1.23. The van der Waals surface area contributed by atoms with Crippen LogP contribution in [0.4, 0.5) is 13.2 Å². The lowest BCUT2D eigenvalue weighted by Gasteiger charge is -2.32. The van der Waals surface area contributed by atoms with Gasteiger partial charge in [-0.05, 0) is 42.4 Å². The molecule has 0 aliphatic heterocycles. The van der Waals surface area contributed by atoms with Crippen LogP contribution in [0.1, 0.15) is 50.7 Å². The zero-order chi connectivity index (χ0) is 15.5. The lowest BCUT2D eigenvalue weighted by molar-refractivity contribution is -0.274. The highest BCUT2D eigenvalue weighted by molar-refractivity contribution is 5.30. The van der Waals surface area contributed by atoms with Crippen molar-refractivity contribution in [2.24, 2.45) is 11.8 Å². The Labute approximate surface area is 122 Å². The number of aliphatic hydroxyl groups excluding tert-OH is 1. The van der Waals surface area contributed by atoms with E-state index in [-0.39, 0.29) is 11.7 Å². The highest BCUT2D eigenvalue weighted by atomic mass is 19.4. The summed E-state index contributed by atoms with van der Waals surface area (Å²) < 4.78 is 40.6. The van der Waals surface area contributed by atoms with Crippen LogP contribution in [0.2, 0.25) is 0 Å². The number of halogens is 3. The summed E-state index contributed by atoms with van der Waals surface area (Å²) in [5.41, 5.74) is 0.499. The van der Waals surface area contributed by atoms with E-state index in [2.05, 4.69) is 11.7 Å². The summed E-state index contributed by atoms with van der Waals surface area (Å²) >= 11 is 0. The first-order valence-corrected chi connectivity index (χ1v) is 7.43. The fourth-order valence-corrected chi connectivity index (χ4v) is 3.16. The van der Waals surface area contributed by atoms with Gasteiger partial charge in [0, 0.05) is 0 Å². The molecule has 0 amide bonds. The van der Waals surface area contributed by atoms with E-state index in [0.717, 1.165) is 25.7 Å². The van der Waals surface area contributed by atoms with Crippen LogP contribution in [0.25, 0.3) is 0 Å². The minimum atomic E-state index is -4.71. The van der Waals surface area contributed by atoms with E-state index in [1.807, 2.05) is 0 Å². The lowest BCUT2D eigenvalue weighted by atomic mass is 9.76. The highest BCUT2D eigenvalue weighted by Crippen LogP contribution is 2.39. The predicted molar refractivity (Wildman–Crippen MR) is 73.8 cm³/mol. The maximum Gasteiger partial charge on any atom is 0.573 e. The molecule has 1 fully saturated rings. The van der Waals surface area contributed by atoms with Crippen molar-refractivity contribution >= 4 is 0 Å². The molecule has 118 valence electrons. The van der Waals surface area contributed by atoms with E-state index in [4.69, 9.17) is 0 Å². The van der Waals surface area contributed by atoms with Crippen LogP contribution in [0.3, 0.4) is 0 Å². The number of aliphatic hydroxyl groups is 1. The van der Waals surface area contributed by atoms with Crippen molar-refractivity contribution in [3.05, 3.63) is 29.8 Å². The van der Waals surface area contributed by atoms with Gasteiger partial charge >= 0.3 is 6.36 Å². The summed E-state index contributed by atoms with van der Waals surface area (Å²) in [4.78, 5) is 0. The number of rotatable bonds is 4. The van der Waals surface area contributed by atoms with E-state index in [0.29, 0.717) is 11.5 Å². The molecule has 1 aromatic carbocycles. The molecule has 1 aliphatic carbocycles. The molecule has 3 unspecified atom stereocenters. The standard InChI is InChI=1S/C16H21F3O2/c1-2-11-5-3-6-12(9-11)15(20)13-7-4-8-14(10-13)21-16(17,18)19/h4,7-8,10-12,15,20H,2-3,5-6,9H2,1H3. The number of benzene rings is 1. The second-order valence-electron chi connectivity index (χ2n) is 5.77. The monoisotopic (exact) mass is 302 g/mol. The van der Waals surface area contributed by atoms with Gasteiger partial charge in [0.1, 0.15) is 5.75 Å². The predicted octanol–water partition coefficient (Wildman–Crippen LogP) is 4.84. The minimum absolute atomic E-state index is 0.116. The Morgan fingerprint density at radius 2 is 2.10 bits per heavy atom. The van der Waals surface area contributed by atoms with Gasteiger partial charge < -0.3 is 9.84 Å². The van der Waals surface area contributed by atoms with Crippen LogP contribution in [-0.2, 0) is 0 Å². The van der Waals surface area contributed by atoms with Gasteiger partial charge in [0.15, 0.2) is 0 Å². The summed E-state index contributed by atoms with van der Waals surface area (Å²) in [5.74, 6) is 0.444. The van der Waals surface area contributed by atoms with Crippen molar-refractivity contribution < 1.29 is 23.0 Å². The van der Waals surface area contributed by atoms with Crippen LogP contribution >= 0.6 is 0 Å². The van der Waals surface area contributed by atoms with E-state index in [9.17, 15) is 18.3 Å². The molecule has 21 heavy (non-hydrogen) atoms. The molecule has 0 spiro atoms. The number of ether oxygens (including phenoxy) is 1. The largest absolute Gasteiger partial charge is 0.573 e. The van der Waals surface area contributed by atoms with Crippen molar-refractivity contribution in [3.63, 3.8) is 0 Å². The molecule has 5 heteroatoms. The molecular formula is C16H21F3O2. The van der Waals surface area contributed by atoms with Gasteiger partial charge in [-0.15, -0.1) is 13.2 Å². The molecule has 0 radical (unpaired) electrons. The van der Waals surface area contributed by atoms with Gasteiger partial charge in [-0.2, -0.15) is 0 Å². The average Bonchev–Trinajstić information content (AvgIpc) is 2.45. The third kappa shape index (κ3) is 4.63. The maximum atomic E-state index is 12.2. The number of hydrogen-bond donors (Lipinski definition) is 1. The molecule has 2 nitrogen and oxygen atoms in total. The van der Waals surface area contributed by atoms with Crippen LogP contribution in [0.15, 0.2) is 24.3 Å². The van der Waals surface area contributed by atoms with E-state index < -0.39 is 12.5 Å². The summed E-state index contributed by atoms with van der Waals surface area (Å²) in [5, 5.41) is 10.4. The van der Waals surface area contributed by atoms with Gasteiger partial charge in [-0.25, -0.2) is 0 Å². The summed E-state index contributed by atoms with van der Waals surface area (Å²) in [7, 11) is 0. The SMILES string of the molecule is CCC1CCCC(C(O)c2cccc(OC(F)(F)F)c2)C1. The molecule has 1 aliphatic rings. The van der Waals surface area contributed by atoms with Crippen molar-refractivity contribution in [1.82, 2.24) is 0 Å². The first-order valence-electron chi connectivity index (χ1n) is 7.43. The second kappa shape index (κ2) is 6.69. The van der Waals surface area contributed by atoms with Gasteiger partial charge in [0.05, 0.1) is 6.10 Å². The van der Waals surface area contributed by atoms with E-state index in [1.54, 1.807) is 6.07 Å². The van der Waals surface area contributed by atoms with Gasteiger partial charge in [-0.3, -0.25) is 0 Å². The molecule has 1 N–H and O–H groups in total. The number of hydrogen-bond acceptors (Lipinski definition) is 2. The summed E-state index contributed by atoms with van der Waals surface area (Å²) in [6, 6.07) is 5.68. The van der Waals surface area contributed by atoms with Crippen LogP contribution in [0.5, 0.6) is 5.75 Å². The molecule has 0 aromatic heterocycles. The molecule has 0 bridgehead atoms. The lowest BCUT2D eigenvalue weighted by Crippen LogP contribution is -2.21. The van der Waals surface area contributed by atoms with Gasteiger partial charge in [0.2, 0.25) is 0 Å². The van der Waals surface area contributed by atoms with Crippen molar-refractivity contribution in [2.45, 2.75) is 51.5 Å². The normalized spacial score (nSPS) is 24.6. The second-order valence-corrected chi connectivity index (χ2v) is 5.77. The van der Waals surface area contributed by atoms with Crippen LogP contribution < -0.4 is 4.74 Å². The zero-order valence-electron chi connectivity index (χ0n) is 12.1. The molecule has 1 aromatic rings. The molecule has 0 heterocycles. The Bertz CT molecular complexity index is 459. The average molecular weight is 302 g/mol. The quantitative estimate of drug-likeness (QED) is 0.862. The molecular weight excluding hydrogens is 281 g/mol. The fourth-order valence-electron chi connectivity index (χ4n) is 3.16. The Morgan fingerprint density at radius 1 is 1.33 bits per heavy atom. The van der Waals surface area contributed by atoms with Crippen LogP contribution in [0, 0.1) is 11.8 Å². The topological polar surface area (TPSA) is 29.5 Å². The minimum Gasteiger partial charge on any atom is -0.406 e. The first-order chi connectivity index (χ1) is 9.89. The molecule has 0 saturated heterocycles. The Kier molecular flexibility index (Phi) is 5.14. The van der Waals surface area contributed by atoms with Gasteiger partial charge in [-0.1, -0.05) is 38.3 Å². The molecule has 1 saturated carbocycles. The van der Waals surface area contributed by atoms with Crippen molar-refractivity contribution in [3.8, 4) is 5.75 Å². The highest BCUT2D eigenvalue weighted by Gasteiger charge is 2.32.